The van der Waals surface area contributed by atoms with Crippen molar-refractivity contribution in [3.05, 3.63) is 101 Å². The smallest absolute Gasteiger partial charge is 0.230 e. The zero-order chi connectivity index (χ0) is 22.6. The molecule has 0 atom stereocenters. The monoisotopic (exact) mass is 450 g/mol. The Balaban J connectivity index is 0.000000416. The van der Waals surface area contributed by atoms with Crippen molar-refractivity contribution in [3.8, 4) is 0 Å². The zero-order valence-corrected chi connectivity index (χ0v) is 17.5. The molecule has 1 amide bonds. The Morgan fingerprint density at radius 1 is 1.00 bits per heavy atom. The Labute approximate surface area is 188 Å². The number of amidine groups is 1. The second kappa shape index (κ2) is 11.9. The molecule has 0 unspecified atom stereocenters. The second-order valence-electron chi connectivity index (χ2n) is 6.25. The molecule has 2 heterocycles. The van der Waals surface area contributed by atoms with Crippen molar-refractivity contribution in [1.29, 1.82) is 0 Å². The fourth-order valence-electron chi connectivity index (χ4n) is 2.50. The number of rotatable bonds is 5. The summed E-state index contributed by atoms with van der Waals surface area (Å²) in [7, 11) is 0. The number of nitrogens with zero attached hydrogens (tertiary/aromatic N) is 4. The van der Waals surface area contributed by atoms with Crippen LogP contribution in [-0.4, -0.2) is 32.2 Å². The summed E-state index contributed by atoms with van der Waals surface area (Å²) < 4.78 is 4.67. The van der Waals surface area contributed by atoms with Gasteiger partial charge < -0.3 is 5.32 Å². The fourth-order valence-corrected chi connectivity index (χ4v) is 2.69. The van der Waals surface area contributed by atoms with Crippen LogP contribution in [0.4, 0.5) is 11.5 Å². The lowest BCUT2D eigenvalue weighted by Crippen LogP contribution is -2.23. The first-order chi connectivity index (χ1) is 15.7. The normalized spacial score (nSPS) is 10.6. The van der Waals surface area contributed by atoms with E-state index in [2.05, 4.69) is 30.2 Å². The number of benzene rings is 2. The average Bonchev–Trinajstić information content (AvgIpc) is 3.27. The predicted molar refractivity (Wildman–Crippen MR) is 120 cm³/mol. The van der Waals surface area contributed by atoms with E-state index >= 15 is 0 Å². The zero-order valence-electron chi connectivity index (χ0n) is 16.7. The van der Waals surface area contributed by atoms with Crippen molar-refractivity contribution in [3.63, 3.8) is 0 Å². The molecule has 0 bridgehead atoms. The molecular weight excluding hydrogens is 432 g/mol. The third kappa shape index (κ3) is 7.01. The minimum absolute atomic E-state index is 0.0354. The van der Waals surface area contributed by atoms with Gasteiger partial charge in [-0.1, -0.05) is 54.1 Å². The van der Waals surface area contributed by atoms with E-state index in [-0.39, 0.29) is 29.7 Å². The molecule has 9 nitrogen and oxygen atoms in total. The van der Waals surface area contributed by atoms with Crippen LogP contribution in [0.15, 0.2) is 94.8 Å². The van der Waals surface area contributed by atoms with Crippen molar-refractivity contribution in [1.82, 2.24) is 20.8 Å². The lowest BCUT2D eigenvalue weighted by atomic mass is 10.1. The van der Waals surface area contributed by atoms with Crippen LogP contribution in [-0.2, 0) is 11.2 Å². The number of carbonyl (C=O) groups is 1. The highest BCUT2D eigenvalue weighted by molar-refractivity contribution is 6.30. The first-order valence-electron chi connectivity index (χ1n) is 9.42. The number of aliphatic imine (C=N–C) groups is 1. The predicted octanol–water partition coefficient (Wildman–Crippen LogP) is 4.04. The number of amides is 1. The Kier molecular flexibility index (Phi) is 8.43. The van der Waals surface area contributed by atoms with Gasteiger partial charge >= 0.3 is 0 Å². The molecule has 4 rings (SSSR count). The highest BCUT2D eigenvalue weighted by Gasteiger charge is 2.19. The van der Waals surface area contributed by atoms with E-state index in [4.69, 9.17) is 11.6 Å². The van der Waals surface area contributed by atoms with Gasteiger partial charge in [0.2, 0.25) is 11.7 Å². The quantitative estimate of drug-likeness (QED) is 0.238. The molecule has 3 N–H and O–H groups in total. The van der Waals surface area contributed by atoms with Crippen LogP contribution in [0.25, 0.3) is 0 Å². The standard InChI is InChI=1S/C17H14ClN5O3.C5H5N/c18-12-7-4-8-13(10-12)19-16(21-25)15-17(23-26-22-15)20-14(24)9-11-5-2-1-3-6-11;1-2-4-6-5-3-1/h1-8,10,25H,9H2,(H,19,21)(H,20,23,24);1-5H. The molecular formula is C22H19ClN6O3. The van der Waals surface area contributed by atoms with Gasteiger partial charge in [0, 0.05) is 17.4 Å². The first-order valence-corrected chi connectivity index (χ1v) is 9.79. The molecule has 10 heteroatoms. The maximum Gasteiger partial charge on any atom is 0.230 e. The first kappa shape index (κ1) is 22.6. The van der Waals surface area contributed by atoms with E-state index in [0.29, 0.717) is 10.7 Å². The van der Waals surface area contributed by atoms with Gasteiger partial charge in [0.1, 0.15) is 0 Å². The van der Waals surface area contributed by atoms with Crippen LogP contribution in [0.3, 0.4) is 0 Å². The molecule has 0 radical (unpaired) electrons. The van der Waals surface area contributed by atoms with Crippen LogP contribution >= 0.6 is 11.6 Å². The Hall–Kier alpha value is -4.08. The minimum Gasteiger partial charge on any atom is -0.306 e. The third-order valence-electron chi connectivity index (χ3n) is 3.90. The number of hydroxylamine groups is 1. The van der Waals surface area contributed by atoms with Crippen LogP contribution < -0.4 is 10.8 Å². The summed E-state index contributed by atoms with van der Waals surface area (Å²) >= 11 is 5.92. The molecule has 2 aromatic heterocycles. The average molecular weight is 451 g/mol. The van der Waals surface area contributed by atoms with E-state index < -0.39 is 0 Å². The van der Waals surface area contributed by atoms with Gasteiger partial charge in [-0.05, 0) is 46.2 Å². The summed E-state index contributed by atoms with van der Waals surface area (Å²) in [5.74, 6) is -0.329. The topological polar surface area (TPSA) is 126 Å². The number of nitrogens with one attached hydrogen (secondary N) is 2. The van der Waals surface area contributed by atoms with Crippen molar-refractivity contribution >= 4 is 34.8 Å². The van der Waals surface area contributed by atoms with Crippen LogP contribution in [0.5, 0.6) is 0 Å². The minimum atomic E-state index is -0.312. The molecule has 0 saturated carbocycles. The maximum absolute atomic E-state index is 12.2. The lowest BCUT2D eigenvalue weighted by molar-refractivity contribution is -0.115. The molecule has 162 valence electrons. The summed E-state index contributed by atoms with van der Waals surface area (Å²) in [5.41, 5.74) is 3.29. The van der Waals surface area contributed by atoms with Crippen LogP contribution in [0, 0.1) is 0 Å². The van der Waals surface area contributed by atoms with Crippen molar-refractivity contribution < 1.29 is 14.6 Å². The highest BCUT2D eigenvalue weighted by atomic mass is 35.5. The van der Waals surface area contributed by atoms with Crippen molar-refractivity contribution in [2.24, 2.45) is 4.99 Å². The fraction of sp³-hybridized carbons (Fsp3) is 0.0455. The van der Waals surface area contributed by atoms with Crippen LogP contribution in [0.2, 0.25) is 5.02 Å². The van der Waals surface area contributed by atoms with Gasteiger partial charge in [-0.25, -0.2) is 9.62 Å². The Bertz CT molecular complexity index is 1130. The molecule has 0 aliphatic carbocycles. The summed E-state index contributed by atoms with van der Waals surface area (Å²) in [6.45, 7) is 0. The number of carbonyl (C=O) groups excluding carboxylic acids is 1. The lowest BCUT2D eigenvalue weighted by Gasteiger charge is -2.05. The number of aromatic nitrogens is 3. The summed E-state index contributed by atoms with van der Waals surface area (Å²) in [4.78, 5) is 20.2. The van der Waals surface area contributed by atoms with E-state index in [1.807, 2.05) is 54.0 Å². The number of hydrogen-bond donors (Lipinski definition) is 3. The van der Waals surface area contributed by atoms with Gasteiger partial charge in [0.05, 0.1) is 12.1 Å². The van der Waals surface area contributed by atoms with E-state index in [0.717, 1.165) is 5.56 Å². The van der Waals surface area contributed by atoms with Gasteiger partial charge in [-0.2, -0.15) is 0 Å². The van der Waals surface area contributed by atoms with Crippen molar-refractivity contribution in [2.45, 2.75) is 6.42 Å². The van der Waals surface area contributed by atoms with Gasteiger partial charge in [0.25, 0.3) is 0 Å². The number of anilines is 1. The summed E-state index contributed by atoms with van der Waals surface area (Å²) in [6.07, 6.45) is 3.65. The molecule has 0 aliphatic heterocycles. The van der Waals surface area contributed by atoms with E-state index in [9.17, 15) is 10.0 Å². The Morgan fingerprint density at radius 3 is 2.38 bits per heavy atom. The summed E-state index contributed by atoms with van der Waals surface area (Å²) in [5, 5.41) is 19.8. The van der Waals surface area contributed by atoms with E-state index in [1.54, 1.807) is 36.7 Å². The number of halogens is 1. The maximum atomic E-state index is 12.2. The number of hydrogen-bond acceptors (Lipinski definition) is 7. The van der Waals surface area contributed by atoms with Gasteiger partial charge in [-0.15, -0.1) is 0 Å². The molecule has 4 aromatic rings. The molecule has 0 fully saturated rings. The van der Waals surface area contributed by atoms with Crippen molar-refractivity contribution in [2.75, 3.05) is 5.32 Å². The largest absolute Gasteiger partial charge is 0.306 e. The van der Waals surface area contributed by atoms with Crippen LogP contribution in [0.1, 0.15) is 11.3 Å². The Morgan fingerprint density at radius 2 is 1.75 bits per heavy atom. The van der Waals surface area contributed by atoms with Gasteiger partial charge in [0.15, 0.2) is 11.5 Å². The SMILES string of the molecule is O=C(Cc1ccccc1)Nc1nonc1C(=Nc1cccc(Cl)c1)NO.c1ccncc1. The molecule has 2 aromatic carbocycles. The molecule has 0 saturated heterocycles. The highest BCUT2D eigenvalue weighted by Crippen LogP contribution is 2.20. The molecule has 0 spiro atoms. The van der Waals surface area contributed by atoms with E-state index in [1.165, 1.54) is 0 Å². The summed E-state index contributed by atoms with van der Waals surface area (Å²) in [6, 6.07) is 21.6. The number of pyridine rings is 1. The van der Waals surface area contributed by atoms with Gasteiger partial charge in [-0.3, -0.25) is 20.5 Å². The third-order valence-corrected chi connectivity index (χ3v) is 4.13. The second-order valence-corrected chi connectivity index (χ2v) is 6.69. The molecule has 32 heavy (non-hydrogen) atoms. The molecule has 0 aliphatic rings.